The number of nitrogens with zero attached hydrogens (tertiary/aromatic N) is 1. The van der Waals surface area contributed by atoms with Gasteiger partial charge in [0.1, 0.15) is 0 Å². The van der Waals surface area contributed by atoms with E-state index in [1.54, 1.807) is 13.4 Å². The van der Waals surface area contributed by atoms with E-state index >= 15 is 0 Å². The second-order valence-corrected chi connectivity index (χ2v) is 4.96. The average molecular weight is 275 g/mol. The highest BCUT2D eigenvalue weighted by atomic mass is 16.5. The molecular weight excluding hydrogens is 258 g/mol. The van der Waals surface area contributed by atoms with Crippen LogP contribution < -0.4 is 0 Å². The van der Waals surface area contributed by atoms with Crippen molar-refractivity contribution in [3.63, 3.8) is 0 Å². The number of pyridine rings is 1. The van der Waals surface area contributed by atoms with E-state index in [9.17, 15) is 0 Å². The van der Waals surface area contributed by atoms with Crippen LogP contribution in [0.25, 0.3) is 28.0 Å². The molecule has 2 heteroatoms. The summed E-state index contributed by atoms with van der Waals surface area (Å²) < 4.78 is 5.05. The Balaban J connectivity index is 2.18. The molecule has 2 aromatic carbocycles. The molecular formula is C19H17NO. The molecule has 21 heavy (non-hydrogen) atoms. The lowest BCUT2D eigenvalue weighted by atomic mass is 9.97. The van der Waals surface area contributed by atoms with Crippen LogP contribution in [0.3, 0.4) is 0 Å². The van der Waals surface area contributed by atoms with Crippen LogP contribution in [0.1, 0.15) is 11.3 Å². The van der Waals surface area contributed by atoms with Crippen LogP contribution in [-0.4, -0.2) is 12.1 Å². The van der Waals surface area contributed by atoms with E-state index in [2.05, 4.69) is 47.4 Å². The lowest BCUT2D eigenvalue weighted by molar-refractivity contribution is 0.341. The Bertz CT molecular complexity index is 806. The van der Waals surface area contributed by atoms with Gasteiger partial charge < -0.3 is 4.74 Å². The van der Waals surface area contributed by atoms with Crippen molar-refractivity contribution in [1.82, 2.24) is 4.98 Å². The van der Waals surface area contributed by atoms with Crippen LogP contribution in [-0.2, 0) is 4.74 Å². The van der Waals surface area contributed by atoms with E-state index < -0.39 is 0 Å². The number of aromatic nitrogens is 1. The second kappa shape index (κ2) is 5.80. The monoisotopic (exact) mass is 275 g/mol. The summed E-state index contributed by atoms with van der Waals surface area (Å²) in [4.78, 5) is 4.37. The first-order valence-corrected chi connectivity index (χ1v) is 6.94. The topological polar surface area (TPSA) is 22.1 Å². The maximum Gasteiger partial charge on any atom is 0.0831 e. The molecule has 0 N–H and O–H groups in total. The van der Waals surface area contributed by atoms with E-state index in [1.165, 1.54) is 21.9 Å². The number of fused-ring (bicyclic) bond motifs is 1. The third-order valence-electron chi connectivity index (χ3n) is 3.62. The fraction of sp³-hybridized carbons (Fsp3) is 0.105. The Morgan fingerprint density at radius 3 is 2.62 bits per heavy atom. The molecule has 0 radical (unpaired) electrons. The van der Waals surface area contributed by atoms with Crippen LogP contribution in [0.5, 0.6) is 0 Å². The van der Waals surface area contributed by atoms with Gasteiger partial charge in [-0.15, -0.1) is 0 Å². The van der Waals surface area contributed by atoms with Gasteiger partial charge in [-0.1, -0.05) is 36.4 Å². The summed E-state index contributed by atoms with van der Waals surface area (Å²) in [5.74, 6) is 0. The van der Waals surface area contributed by atoms with Gasteiger partial charge in [0.15, 0.2) is 0 Å². The molecule has 3 aromatic rings. The lowest BCUT2D eigenvalue weighted by Crippen LogP contribution is -1.91. The van der Waals surface area contributed by atoms with E-state index in [0.29, 0.717) is 0 Å². The predicted octanol–water partition coefficient (Wildman–Crippen LogP) is 4.83. The highest BCUT2D eigenvalue weighted by Crippen LogP contribution is 2.29. The van der Waals surface area contributed by atoms with Gasteiger partial charge >= 0.3 is 0 Å². The molecule has 0 aliphatic rings. The molecule has 0 saturated heterocycles. The van der Waals surface area contributed by atoms with Crippen LogP contribution >= 0.6 is 0 Å². The number of aryl methyl sites for hydroxylation is 1. The summed E-state index contributed by atoms with van der Waals surface area (Å²) in [6, 6.07) is 17.0. The van der Waals surface area contributed by atoms with E-state index in [0.717, 1.165) is 11.3 Å². The molecule has 0 aliphatic heterocycles. The summed E-state index contributed by atoms with van der Waals surface area (Å²) in [6.45, 7) is 2.01. The molecule has 104 valence electrons. The zero-order valence-corrected chi connectivity index (χ0v) is 12.2. The average Bonchev–Trinajstić information content (AvgIpc) is 2.53. The van der Waals surface area contributed by atoms with Crippen molar-refractivity contribution in [2.75, 3.05) is 7.11 Å². The number of hydrogen-bond donors (Lipinski definition) is 0. The van der Waals surface area contributed by atoms with Gasteiger partial charge in [-0.2, -0.15) is 0 Å². The first kappa shape index (κ1) is 13.4. The molecule has 0 amide bonds. The largest absolute Gasteiger partial charge is 0.504 e. The summed E-state index contributed by atoms with van der Waals surface area (Å²) in [6.07, 6.45) is 5.51. The quantitative estimate of drug-likeness (QED) is 0.639. The zero-order valence-electron chi connectivity index (χ0n) is 12.2. The fourth-order valence-electron chi connectivity index (χ4n) is 2.53. The summed E-state index contributed by atoms with van der Waals surface area (Å²) in [7, 11) is 1.65. The first-order valence-electron chi connectivity index (χ1n) is 6.94. The van der Waals surface area contributed by atoms with Crippen molar-refractivity contribution >= 4 is 16.8 Å². The van der Waals surface area contributed by atoms with Gasteiger partial charge in [-0.25, -0.2) is 0 Å². The van der Waals surface area contributed by atoms with Gasteiger partial charge in [0.2, 0.25) is 0 Å². The molecule has 0 fully saturated rings. The summed E-state index contributed by atoms with van der Waals surface area (Å²) in [5, 5.41) is 2.49. The van der Waals surface area contributed by atoms with Gasteiger partial charge in [-0.3, -0.25) is 4.98 Å². The molecule has 0 spiro atoms. The number of benzene rings is 2. The molecule has 0 saturated carbocycles. The molecule has 1 aromatic heterocycles. The number of hydrogen-bond acceptors (Lipinski definition) is 2. The van der Waals surface area contributed by atoms with Crippen molar-refractivity contribution < 1.29 is 4.74 Å². The van der Waals surface area contributed by atoms with Crippen molar-refractivity contribution in [2.24, 2.45) is 0 Å². The fourth-order valence-corrected chi connectivity index (χ4v) is 2.53. The molecule has 0 aliphatic carbocycles. The van der Waals surface area contributed by atoms with Gasteiger partial charge in [0.05, 0.1) is 13.4 Å². The van der Waals surface area contributed by atoms with E-state index in [-0.39, 0.29) is 0 Å². The number of ether oxygens (including phenoxy) is 1. The van der Waals surface area contributed by atoms with Crippen molar-refractivity contribution in [2.45, 2.75) is 6.92 Å². The van der Waals surface area contributed by atoms with E-state index in [1.807, 2.05) is 25.3 Å². The zero-order chi connectivity index (χ0) is 14.7. The minimum absolute atomic E-state index is 0.994. The third-order valence-corrected chi connectivity index (χ3v) is 3.62. The van der Waals surface area contributed by atoms with Crippen LogP contribution in [0.15, 0.2) is 61.0 Å². The summed E-state index contributed by atoms with van der Waals surface area (Å²) >= 11 is 0. The maximum absolute atomic E-state index is 5.05. The molecule has 0 bridgehead atoms. The molecule has 1 heterocycles. The van der Waals surface area contributed by atoms with Crippen LogP contribution in [0, 0.1) is 6.92 Å². The molecule has 0 unspecified atom stereocenters. The molecule has 0 atom stereocenters. The standard InChI is InChI=1S/C19H17NO/c1-14-18(10-12-21-2)19(9-11-20-14)17-8-7-15-5-3-4-6-16(15)13-17/h3-13H,1-2H3/b12-10+. The van der Waals surface area contributed by atoms with Crippen LogP contribution in [0.4, 0.5) is 0 Å². The first-order chi connectivity index (χ1) is 10.3. The minimum Gasteiger partial charge on any atom is -0.504 e. The normalized spacial score (nSPS) is 11.1. The Labute approximate surface area is 124 Å². The minimum atomic E-state index is 0.994. The van der Waals surface area contributed by atoms with Gasteiger partial charge in [0.25, 0.3) is 0 Å². The lowest BCUT2D eigenvalue weighted by Gasteiger charge is -2.10. The SMILES string of the molecule is CO/C=C/c1c(-c2ccc3ccccc3c2)ccnc1C. The second-order valence-electron chi connectivity index (χ2n) is 4.96. The van der Waals surface area contributed by atoms with Gasteiger partial charge in [0, 0.05) is 17.5 Å². The molecule has 2 nitrogen and oxygen atoms in total. The third kappa shape index (κ3) is 2.65. The van der Waals surface area contributed by atoms with Crippen molar-refractivity contribution in [3.8, 4) is 11.1 Å². The highest BCUT2D eigenvalue weighted by molar-refractivity contribution is 5.89. The van der Waals surface area contributed by atoms with Crippen molar-refractivity contribution in [3.05, 3.63) is 72.2 Å². The van der Waals surface area contributed by atoms with Crippen molar-refractivity contribution in [1.29, 1.82) is 0 Å². The molecule has 3 rings (SSSR count). The maximum atomic E-state index is 5.05. The Morgan fingerprint density at radius 1 is 1.00 bits per heavy atom. The Hall–Kier alpha value is -2.61. The van der Waals surface area contributed by atoms with E-state index in [4.69, 9.17) is 4.74 Å². The number of rotatable bonds is 3. The highest BCUT2D eigenvalue weighted by Gasteiger charge is 2.07. The summed E-state index contributed by atoms with van der Waals surface area (Å²) in [5.41, 5.74) is 4.44. The predicted molar refractivity (Wildman–Crippen MR) is 88.0 cm³/mol. The smallest absolute Gasteiger partial charge is 0.0831 e. The van der Waals surface area contributed by atoms with Gasteiger partial charge in [-0.05, 0) is 47.0 Å². The Morgan fingerprint density at radius 2 is 1.81 bits per heavy atom. The number of methoxy groups -OCH3 is 1. The van der Waals surface area contributed by atoms with Crippen LogP contribution in [0.2, 0.25) is 0 Å². The Kier molecular flexibility index (Phi) is 3.69.